The molecule has 0 radical (unpaired) electrons. The van der Waals surface area contributed by atoms with Gasteiger partial charge in [-0.05, 0) is 43.5 Å². The van der Waals surface area contributed by atoms with Gasteiger partial charge >= 0.3 is 5.97 Å². The van der Waals surface area contributed by atoms with Crippen LogP contribution in [0.5, 0.6) is 0 Å². The molecule has 4 nitrogen and oxygen atoms in total. The van der Waals surface area contributed by atoms with Crippen LogP contribution in [0.2, 0.25) is 0 Å². The van der Waals surface area contributed by atoms with E-state index in [2.05, 4.69) is 11.0 Å². The summed E-state index contributed by atoms with van der Waals surface area (Å²) in [6.07, 6.45) is 2.37. The molecule has 1 N–H and O–H groups in total. The largest absolute Gasteiger partial charge is 0.481 e. The third-order valence-corrected chi connectivity index (χ3v) is 4.28. The van der Waals surface area contributed by atoms with Gasteiger partial charge in [0.1, 0.15) is 0 Å². The van der Waals surface area contributed by atoms with Crippen molar-refractivity contribution in [3.05, 3.63) is 35.4 Å². The second-order valence-corrected chi connectivity index (χ2v) is 5.56. The highest BCUT2D eigenvalue weighted by Crippen LogP contribution is 2.34. The van der Waals surface area contributed by atoms with Gasteiger partial charge in [-0.1, -0.05) is 19.1 Å². The fourth-order valence-electron chi connectivity index (χ4n) is 2.92. The topological polar surface area (TPSA) is 64.3 Å². The van der Waals surface area contributed by atoms with Crippen LogP contribution in [0.15, 0.2) is 24.3 Å². The number of nitriles is 1. The summed E-state index contributed by atoms with van der Waals surface area (Å²) >= 11 is 0. The molecule has 2 rings (SSSR count). The lowest BCUT2D eigenvalue weighted by molar-refractivity contribution is -0.153. The van der Waals surface area contributed by atoms with Crippen LogP contribution >= 0.6 is 0 Å². The third kappa shape index (κ3) is 3.00. The highest BCUT2D eigenvalue weighted by atomic mass is 16.4. The Morgan fingerprint density at radius 1 is 1.45 bits per heavy atom. The predicted molar refractivity (Wildman–Crippen MR) is 76.0 cm³/mol. The molecule has 1 aromatic rings. The maximum atomic E-state index is 11.5. The van der Waals surface area contributed by atoms with Gasteiger partial charge in [-0.3, -0.25) is 9.69 Å². The number of hydrogen-bond donors (Lipinski definition) is 1. The maximum absolute atomic E-state index is 11.5. The number of piperidine rings is 1. The lowest BCUT2D eigenvalue weighted by Crippen LogP contribution is -2.47. The minimum atomic E-state index is -0.676. The monoisotopic (exact) mass is 272 g/mol. The van der Waals surface area contributed by atoms with Crippen LogP contribution in [0, 0.1) is 16.7 Å². The molecule has 1 atom stereocenters. The van der Waals surface area contributed by atoms with Gasteiger partial charge in [0.25, 0.3) is 0 Å². The van der Waals surface area contributed by atoms with Crippen LogP contribution in [-0.2, 0) is 11.3 Å². The molecule has 20 heavy (non-hydrogen) atoms. The van der Waals surface area contributed by atoms with Gasteiger partial charge < -0.3 is 5.11 Å². The van der Waals surface area contributed by atoms with Gasteiger partial charge in [-0.15, -0.1) is 0 Å². The van der Waals surface area contributed by atoms with Crippen molar-refractivity contribution in [1.29, 1.82) is 5.26 Å². The smallest absolute Gasteiger partial charge is 0.310 e. The van der Waals surface area contributed by atoms with E-state index in [1.54, 1.807) is 0 Å². The van der Waals surface area contributed by atoms with Crippen molar-refractivity contribution in [1.82, 2.24) is 4.90 Å². The van der Waals surface area contributed by atoms with Crippen molar-refractivity contribution < 1.29 is 9.90 Å². The molecule has 1 aliphatic rings. The minimum absolute atomic E-state index is 0.592. The lowest BCUT2D eigenvalue weighted by atomic mass is 9.77. The number of carbonyl (C=O) groups is 1. The maximum Gasteiger partial charge on any atom is 0.310 e. The van der Waals surface area contributed by atoms with Crippen molar-refractivity contribution in [2.45, 2.75) is 32.7 Å². The van der Waals surface area contributed by atoms with E-state index in [0.717, 1.165) is 31.5 Å². The standard InChI is InChI=1S/C16H20N2O2/c1-2-16(15(19)20)8-3-9-18(12-16)11-14-6-4-13(10-17)5-7-14/h4-7H,2-3,8-9,11-12H2,1H3,(H,19,20). The lowest BCUT2D eigenvalue weighted by Gasteiger charge is -2.39. The highest BCUT2D eigenvalue weighted by molar-refractivity contribution is 5.75. The molecule has 0 bridgehead atoms. The molecule has 1 unspecified atom stereocenters. The van der Waals surface area contributed by atoms with Crippen LogP contribution in [0.25, 0.3) is 0 Å². The van der Waals surface area contributed by atoms with Crippen LogP contribution in [0.3, 0.4) is 0 Å². The van der Waals surface area contributed by atoms with Crippen LogP contribution in [0.1, 0.15) is 37.3 Å². The molecule has 1 aromatic carbocycles. The van der Waals surface area contributed by atoms with E-state index in [-0.39, 0.29) is 0 Å². The molecular weight excluding hydrogens is 252 g/mol. The van der Waals surface area contributed by atoms with E-state index >= 15 is 0 Å². The Kier molecular flexibility index (Phi) is 4.41. The summed E-state index contributed by atoms with van der Waals surface area (Å²) in [5, 5.41) is 18.3. The molecule has 4 heteroatoms. The average Bonchev–Trinajstić information content (AvgIpc) is 2.48. The van der Waals surface area contributed by atoms with Gasteiger partial charge in [-0.2, -0.15) is 5.26 Å². The highest BCUT2D eigenvalue weighted by Gasteiger charge is 2.40. The summed E-state index contributed by atoms with van der Waals surface area (Å²) in [6, 6.07) is 9.61. The van der Waals surface area contributed by atoms with Gasteiger partial charge in [0.15, 0.2) is 0 Å². The summed E-state index contributed by atoms with van der Waals surface area (Å²) in [5.74, 6) is -0.676. The summed E-state index contributed by atoms with van der Waals surface area (Å²) in [6.45, 7) is 4.26. The molecule has 1 fully saturated rings. The Hall–Kier alpha value is -1.86. The zero-order valence-corrected chi connectivity index (χ0v) is 11.8. The predicted octanol–water partition coefficient (Wildman–Crippen LogP) is 2.64. The fraction of sp³-hybridized carbons (Fsp3) is 0.500. The average molecular weight is 272 g/mol. The molecule has 0 amide bonds. The summed E-state index contributed by atoms with van der Waals surface area (Å²) in [5.41, 5.74) is 1.19. The van der Waals surface area contributed by atoms with E-state index < -0.39 is 11.4 Å². The zero-order chi connectivity index (χ0) is 14.6. The molecule has 0 saturated carbocycles. The zero-order valence-electron chi connectivity index (χ0n) is 11.8. The number of rotatable bonds is 4. The summed E-state index contributed by atoms with van der Waals surface area (Å²) in [4.78, 5) is 13.7. The second-order valence-electron chi connectivity index (χ2n) is 5.56. The molecule has 1 aliphatic heterocycles. The van der Waals surface area contributed by atoms with E-state index in [0.29, 0.717) is 18.5 Å². The number of carboxylic acid groups (broad SMARTS) is 1. The van der Waals surface area contributed by atoms with Gasteiger partial charge in [0.05, 0.1) is 17.0 Å². The van der Waals surface area contributed by atoms with Crippen LogP contribution in [0.4, 0.5) is 0 Å². The molecule has 0 aliphatic carbocycles. The Bertz CT molecular complexity index is 518. The van der Waals surface area contributed by atoms with Crippen molar-refractivity contribution in [3.63, 3.8) is 0 Å². The SMILES string of the molecule is CCC1(C(=O)O)CCCN(Cc2ccc(C#N)cc2)C1. The number of benzene rings is 1. The Morgan fingerprint density at radius 2 is 2.15 bits per heavy atom. The number of aliphatic carboxylic acids is 1. The van der Waals surface area contributed by atoms with E-state index in [1.807, 2.05) is 31.2 Å². The first-order valence-electron chi connectivity index (χ1n) is 7.04. The Morgan fingerprint density at radius 3 is 2.70 bits per heavy atom. The van der Waals surface area contributed by atoms with Gasteiger partial charge in [0, 0.05) is 13.1 Å². The number of hydrogen-bond acceptors (Lipinski definition) is 3. The first-order valence-corrected chi connectivity index (χ1v) is 7.04. The number of likely N-dealkylation sites (tertiary alicyclic amines) is 1. The van der Waals surface area contributed by atoms with Crippen molar-refractivity contribution in [3.8, 4) is 6.07 Å². The Labute approximate surface area is 119 Å². The van der Waals surface area contributed by atoms with E-state index in [4.69, 9.17) is 5.26 Å². The Balaban J connectivity index is 2.06. The minimum Gasteiger partial charge on any atom is -0.481 e. The normalized spacial score (nSPS) is 23.2. The molecular formula is C16H20N2O2. The first kappa shape index (κ1) is 14.5. The van der Waals surface area contributed by atoms with Crippen molar-refractivity contribution >= 4 is 5.97 Å². The second kappa shape index (κ2) is 6.06. The molecule has 106 valence electrons. The van der Waals surface area contributed by atoms with Gasteiger partial charge in [-0.25, -0.2) is 0 Å². The van der Waals surface area contributed by atoms with Gasteiger partial charge in [0.2, 0.25) is 0 Å². The number of carboxylic acids is 1. The number of nitrogens with zero attached hydrogens (tertiary/aromatic N) is 2. The van der Waals surface area contributed by atoms with Crippen molar-refractivity contribution in [2.75, 3.05) is 13.1 Å². The molecule has 0 aromatic heterocycles. The van der Waals surface area contributed by atoms with E-state index in [9.17, 15) is 9.90 Å². The molecule has 1 heterocycles. The molecule has 0 spiro atoms. The van der Waals surface area contributed by atoms with Crippen molar-refractivity contribution in [2.24, 2.45) is 5.41 Å². The first-order chi connectivity index (χ1) is 9.59. The molecule has 1 saturated heterocycles. The van der Waals surface area contributed by atoms with E-state index in [1.165, 1.54) is 0 Å². The fourth-order valence-corrected chi connectivity index (χ4v) is 2.92. The van der Waals surface area contributed by atoms with Crippen LogP contribution < -0.4 is 0 Å². The van der Waals surface area contributed by atoms with Crippen LogP contribution in [-0.4, -0.2) is 29.1 Å². The quantitative estimate of drug-likeness (QED) is 0.915. The summed E-state index contributed by atoms with van der Waals surface area (Å²) < 4.78 is 0. The third-order valence-electron chi connectivity index (χ3n) is 4.28. The summed E-state index contributed by atoms with van der Waals surface area (Å²) in [7, 11) is 0.